The summed E-state index contributed by atoms with van der Waals surface area (Å²) in [7, 11) is 0. The van der Waals surface area contributed by atoms with Crippen molar-refractivity contribution in [1.82, 2.24) is 9.80 Å². The Morgan fingerprint density at radius 2 is 1.80 bits per heavy atom. The van der Waals surface area contributed by atoms with E-state index in [0.717, 1.165) is 30.1 Å². The lowest BCUT2D eigenvalue weighted by molar-refractivity contribution is 0.0629. The number of halogens is 1. The van der Waals surface area contributed by atoms with Crippen LogP contribution < -0.4 is 9.47 Å². The van der Waals surface area contributed by atoms with Gasteiger partial charge >= 0.3 is 0 Å². The molecule has 7 heteroatoms. The molecule has 154 valence electrons. The van der Waals surface area contributed by atoms with Crippen LogP contribution in [-0.4, -0.2) is 48.7 Å². The molecule has 0 N–H and O–H groups in total. The summed E-state index contributed by atoms with van der Waals surface area (Å²) in [6.07, 6.45) is 0. The Balaban J connectivity index is 1.18. The third-order valence-corrected chi connectivity index (χ3v) is 6.55. The van der Waals surface area contributed by atoms with E-state index in [4.69, 9.17) is 9.47 Å². The van der Waals surface area contributed by atoms with Crippen LogP contribution in [0.25, 0.3) is 10.4 Å². The second-order valence-electron chi connectivity index (χ2n) is 7.41. The minimum atomic E-state index is -0.217. The van der Waals surface area contributed by atoms with E-state index in [-0.39, 0.29) is 18.5 Å². The molecular formula is C23H21FN2O3S. The summed E-state index contributed by atoms with van der Waals surface area (Å²) < 4.78 is 24.2. The van der Waals surface area contributed by atoms with Gasteiger partial charge in [0.1, 0.15) is 5.82 Å². The fourth-order valence-electron chi connectivity index (χ4n) is 3.80. The first-order valence-corrected chi connectivity index (χ1v) is 10.7. The Hall–Kier alpha value is -2.90. The van der Waals surface area contributed by atoms with E-state index in [1.807, 2.05) is 17.0 Å². The first-order valence-electron chi connectivity index (χ1n) is 9.92. The van der Waals surface area contributed by atoms with Gasteiger partial charge in [-0.1, -0.05) is 12.1 Å². The molecule has 0 radical (unpaired) electrons. The number of carbonyl (C=O) groups excluding carboxylic acids is 1. The van der Waals surface area contributed by atoms with Crippen molar-refractivity contribution in [3.63, 3.8) is 0 Å². The van der Waals surface area contributed by atoms with Crippen molar-refractivity contribution >= 4 is 17.2 Å². The van der Waals surface area contributed by atoms with Crippen LogP contribution in [0.15, 0.2) is 54.6 Å². The van der Waals surface area contributed by atoms with Gasteiger partial charge in [-0.05, 0) is 48.0 Å². The molecule has 2 aliphatic rings. The largest absolute Gasteiger partial charge is 0.454 e. The van der Waals surface area contributed by atoms with Gasteiger partial charge in [0.2, 0.25) is 6.79 Å². The highest BCUT2D eigenvalue weighted by Crippen LogP contribution is 2.33. The minimum absolute atomic E-state index is 0.0254. The van der Waals surface area contributed by atoms with Crippen molar-refractivity contribution in [1.29, 1.82) is 0 Å². The van der Waals surface area contributed by atoms with Crippen LogP contribution in [0.3, 0.4) is 0 Å². The SMILES string of the molecule is O=C(c1ccc2c(c1)OCO2)N1CCN(Cc2ccc(-c3cccc(F)c3)s2)CC1. The number of ether oxygens (including phenoxy) is 2. The van der Waals surface area contributed by atoms with Crippen molar-refractivity contribution < 1.29 is 18.7 Å². The minimum Gasteiger partial charge on any atom is -0.454 e. The maximum absolute atomic E-state index is 13.5. The number of fused-ring (bicyclic) bond motifs is 1. The van der Waals surface area contributed by atoms with Gasteiger partial charge in [-0.15, -0.1) is 11.3 Å². The number of thiophene rings is 1. The van der Waals surface area contributed by atoms with Gasteiger partial charge in [0.25, 0.3) is 5.91 Å². The van der Waals surface area contributed by atoms with Gasteiger partial charge in [0.05, 0.1) is 0 Å². The maximum atomic E-state index is 13.5. The summed E-state index contributed by atoms with van der Waals surface area (Å²) in [4.78, 5) is 19.4. The van der Waals surface area contributed by atoms with E-state index in [1.54, 1.807) is 41.7 Å². The van der Waals surface area contributed by atoms with Crippen LogP contribution in [0.5, 0.6) is 11.5 Å². The summed E-state index contributed by atoms with van der Waals surface area (Å²) in [6, 6.07) is 16.2. The number of nitrogens with zero attached hydrogens (tertiary/aromatic N) is 2. The lowest BCUT2D eigenvalue weighted by Gasteiger charge is -2.34. The smallest absolute Gasteiger partial charge is 0.254 e. The zero-order chi connectivity index (χ0) is 20.5. The van der Waals surface area contributed by atoms with Crippen molar-refractivity contribution in [3.05, 3.63) is 70.9 Å². The number of rotatable bonds is 4. The van der Waals surface area contributed by atoms with Gasteiger partial charge in [-0.3, -0.25) is 9.69 Å². The van der Waals surface area contributed by atoms with Crippen LogP contribution in [0.2, 0.25) is 0 Å². The van der Waals surface area contributed by atoms with Crippen LogP contribution in [0, 0.1) is 5.82 Å². The average molecular weight is 424 g/mol. The Labute approximate surface area is 178 Å². The summed E-state index contributed by atoms with van der Waals surface area (Å²) >= 11 is 1.69. The fourth-order valence-corrected chi connectivity index (χ4v) is 4.85. The molecule has 0 bridgehead atoms. The van der Waals surface area contributed by atoms with Crippen molar-refractivity contribution in [2.24, 2.45) is 0 Å². The quantitative estimate of drug-likeness (QED) is 0.628. The molecule has 1 saturated heterocycles. The molecular weight excluding hydrogens is 403 g/mol. The highest BCUT2D eigenvalue weighted by atomic mass is 32.1. The molecule has 3 aromatic rings. The number of piperazine rings is 1. The molecule has 2 aromatic carbocycles. The molecule has 1 amide bonds. The zero-order valence-electron chi connectivity index (χ0n) is 16.3. The maximum Gasteiger partial charge on any atom is 0.254 e. The fraction of sp³-hybridized carbons (Fsp3) is 0.261. The molecule has 30 heavy (non-hydrogen) atoms. The zero-order valence-corrected chi connectivity index (χ0v) is 17.2. The van der Waals surface area contributed by atoms with E-state index >= 15 is 0 Å². The molecule has 2 aliphatic heterocycles. The van der Waals surface area contributed by atoms with Crippen molar-refractivity contribution in [2.75, 3.05) is 33.0 Å². The molecule has 1 aromatic heterocycles. The summed E-state index contributed by atoms with van der Waals surface area (Å²) in [5.74, 6) is 1.12. The number of carbonyl (C=O) groups is 1. The molecule has 0 saturated carbocycles. The van der Waals surface area contributed by atoms with Crippen LogP contribution in [-0.2, 0) is 6.54 Å². The standard InChI is InChI=1S/C23H21FN2O3S/c24-18-3-1-2-16(12-18)22-7-5-19(30-22)14-25-8-10-26(11-9-25)23(27)17-4-6-20-21(13-17)29-15-28-20/h1-7,12-13H,8-11,14-15H2. The molecule has 3 heterocycles. The van der Waals surface area contributed by atoms with Gasteiger partial charge in [-0.25, -0.2) is 4.39 Å². The summed E-state index contributed by atoms with van der Waals surface area (Å²) in [5, 5.41) is 0. The van der Waals surface area contributed by atoms with Crippen molar-refractivity contribution in [3.8, 4) is 21.9 Å². The summed E-state index contributed by atoms with van der Waals surface area (Å²) in [5.41, 5.74) is 1.54. The molecule has 5 nitrogen and oxygen atoms in total. The van der Waals surface area contributed by atoms with Crippen molar-refractivity contribution in [2.45, 2.75) is 6.54 Å². The second-order valence-corrected chi connectivity index (χ2v) is 8.58. The van der Waals surface area contributed by atoms with E-state index < -0.39 is 0 Å². The first-order chi connectivity index (χ1) is 14.7. The predicted octanol–water partition coefficient (Wildman–Crippen LogP) is 4.24. The average Bonchev–Trinajstić information content (AvgIpc) is 3.43. The number of amides is 1. The first kappa shape index (κ1) is 19.1. The van der Waals surface area contributed by atoms with Crippen LogP contribution in [0.1, 0.15) is 15.2 Å². The van der Waals surface area contributed by atoms with Gasteiger partial charge in [0, 0.05) is 48.0 Å². The Morgan fingerprint density at radius 1 is 0.967 bits per heavy atom. The molecule has 5 rings (SSSR count). The molecule has 1 fully saturated rings. The topological polar surface area (TPSA) is 42.0 Å². The Kier molecular flexibility index (Phi) is 5.14. The highest BCUT2D eigenvalue weighted by Gasteiger charge is 2.24. The van der Waals surface area contributed by atoms with Gasteiger partial charge in [-0.2, -0.15) is 0 Å². The second kappa shape index (κ2) is 8.08. The molecule has 0 unspecified atom stereocenters. The predicted molar refractivity (Wildman–Crippen MR) is 113 cm³/mol. The van der Waals surface area contributed by atoms with E-state index in [2.05, 4.69) is 11.0 Å². The Morgan fingerprint density at radius 3 is 2.63 bits per heavy atom. The third-order valence-electron chi connectivity index (χ3n) is 5.43. The van der Waals surface area contributed by atoms with E-state index in [9.17, 15) is 9.18 Å². The molecule has 0 aliphatic carbocycles. The third kappa shape index (κ3) is 3.91. The lowest BCUT2D eigenvalue weighted by atomic mass is 10.1. The number of hydrogen-bond acceptors (Lipinski definition) is 5. The number of hydrogen-bond donors (Lipinski definition) is 0. The van der Waals surface area contributed by atoms with Gasteiger partial charge < -0.3 is 14.4 Å². The van der Waals surface area contributed by atoms with E-state index in [0.29, 0.717) is 30.2 Å². The number of benzene rings is 2. The van der Waals surface area contributed by atoms with E-state index in [1.165, 1.54) is 10.9 Å². The molecule has 0 atom stereocenters. The normalized spacial score (nSPS) is 16.1. The summed E-state index contributed by atoms with van der Waals surface area (Å²) in [6.45, 7) is 4.07. The van der Waals surface area contributed by atoms with Crippen LogP contribution >= 0.6 is 11.3 Å². The van der Waals surface area contributed by atoms with Gasteiger partial charge in [0.15, 0.2) is 11.5 Å². The Bertz CT molecular complexity index is 1080. The molecule has 0 spiro atoms. The van der Waals surface area contributed by atoms with Crippen LogP contribution in [0.4, 0.5) is 4.39 Å². The lowest BCUT2D eigenvalue weighted by Crippen LogP contribution is -2.48. The highest BCUT2D eigenvalue weighted by molar-refractivity contribution is 7.15. The monoisotopic (exact) mass is 424 g/mol.